The lowest BCUT2D eigenvalue weighted by Gasteiger charge is -2.16. The average molecular weight is 349 g/mol. The summed E-state index contributed by atoms with van der Waals surface area (Å²) in [5.41, 5.74) is 6.89. The van der Waals surface area contributed by atoms with Gasteiger partial charge >= 0.3 is 5.97 Å². The number of carboxylic acids is 1. The molecule has 0 saturated carbocycles. The molecular weight excluding hydrogens is 322 g/mol. The molecule has 0 aromatic heterocycles. The summed E-state index contributed by atoms with van der Waals surface area (Å²) in [6.07, 6.45) is 6.43. The van der Waals surface area contributed by atoms with Gasteiger partial charge in [-0.25, -0.2) is 0 Å². The molecule has 0 amide bonds. The Bertz CT molecular complexity index is 745. The predicted molar refractivity (Wildman–Crippen MR) is 106 cm³/mol. The van der Waals surface area contributed by atoms with Crippen molar-refractivity contribution in [2.24, 2.45) is 0 Å². The molecule has 3 rings (SSSR count). The molecule has 0 atom stereocenters. The van der Waals surface area contributed by atoms with E-state index in [0.717, 1.165) is 32.4 Å². The third kappa shape index (κ3) is 4.61. The minimum absolute atomic E-state index is 0.242. The van der Waals surface area contributed by atoms with Crippen molar-refractivity contribution in [3.8, 4) is 0 Å². The molecule has 2 aromatic rings. The molecule has 0 radical (unpaired) electrons. The number of fused-ring (bicyclic) bond motifs is 2. The van der Waals surface area contributed by atoms with E-state index in [-0.39, 0.29) is 6.42 Å². The molecule has 0 fully saturated rings. The van der Waals surface area contributed by atoms with Gasteiger partial charge in [0.1, 0.15) is 0 Å². The summed E-state index contributed by atoms with van der Waals surface area (Å²) < 4.78 is 0. The standard InChI is InChI=1S/C23H27NO2/c1-24(17-7-13-23(25)26)16-6-12-22-20-10-4-2-8-18(20)14-15-19-9-3-5-11-21(19)22/h2-5,8-12H,6-7,13-17H2,1H3,(H,25,26). The van der Waals surface area contributed by atoms with Crippen molar-refractivity contribution in [3.63, 3.8) is 0 Å². The largest absolute Gasteiger partial charge is 0.481 e. The van der Waals surface area contributed by atoms with Gasteiger partial charge in [0.2, 0.25) is 0 Å². The van der Waals surface area contributed by atoms with Gasteiger partial charge in [-0.1, -0.05) is 54.6 Å². The first-order chi connectivity index (χ1) is 12.6. The third-order valence-electron chi connectivity index (χ3n) is 5.07. The fourth-order valence-corrected chi connectivity index (χ4v) is 3.68. The van der Waals surface area contributed by atoms with E-state index in [9.17, 15) is 4.79 Å². The van der Waals surface area contributed by atoms with Crippen molar-refractivity contribution >= 4 is 11.5 Å². The van der Waals surface area contributed by atoms with Gasteiger partial charge in [0.25, 0.3) is 0 Å². The van der Waals surface area contributed by atoms with Crippen LogP contribution in [0.1, 0.15) is 41.5 Å². The van der Waals surface area contributed by atoms with E-state index in [2.05, 4.69) is 66.6 Å². The lowest BCUT2D eigenvalue weighted by atomic mass is 9.93. The average Bonchev–Trinajstić information content (AvgIpc) is 2.79. The monoisotopic (exact) mass is 349 g/mol. The van der Waals surface area contributed by atoms with Gasteiger partial charge in [-0.3, -0.25) is 4.79 Å². The number of aryl methyl sites for hydroxylation is 2. The Morgan fingerprint density at radius 2 is 1.58 bits per heavy atom. The molecular formula is C23H27NO2. The minimum Gasteiger partial charge on any atom is -0.481 e. The number of nitrogens with zero attached hydrogens (tertiary/aromatic N) is 1. The van der Waals surface area contributed by atoms with Crippen molar-refractivity contribution in [1.29, 1.82) is 0 Å². The molecule has 0 unspecified atom stereocenters. The Balaban J connectivity index is 1.75. The van der Waals surface area contributed by atoms with Gasteiger partial charge < -0.3 is 10.0 Å². The maximum atomic E-state index is 10.6. The van der Waals surface area contributed by atoms with Crippen molar-refractivity contribution in [2.75, 3.05) is 20.1 Å². The summed E-state index contributed by atoms with van der Waals surface area (Å²) in [4.78, 5) is 12.9. The highest BCUT2D eigenvalue weighted by Gasteiger charge is 2.17. The quantitative estimate of drug-likeness (QED) is 0.805. The van der Waals surface area contributed by atoms with Crippen LogP contribution >= 0.6 is 0 Å². The summed E-state index contributed by atoms with van der Waals surface area (Å²) in [7, 11) is 2.06. The van der Waals surface area contributed by atoms with E-state index >= 15 is 0 Å². The van der Waals surface area contributed by atoms with Crippen molar-refractivity contribution < 1.29 is 9.90 Å². The van der Waals surface area contributed by atoms with Gasteiger partial charge in [0.05, 0.1) is 0 Å². The molecule has 0 heterocycles. The molecule has 0 saturated heterocycles. The van der Waals surface area contributed by atoms with Crippen LogP contribution in [0.25, 0.3) is 5.57 Å². The van der Waals surface area contributed by atoms with Crippen LogP contribution in [0, 0.1) is 0 Å². The summed E-state index contributed by atoms with van der Waals surface area (Å²) in [6, 6.07) is 17.5. The maximum Gasteiger partial charge on any atom is 0.303 e. The van der Waals surface area contributed by atoms with E-state index in [0.29, 0.717) is 6.42 Å². The first-order valence-electron chi connectivity index (χ1n) is 9.42. The molecule has 0 spiro atoms. The number of aliphatic carboxylic acids is 1. The fourth-order valence-electron chi connectivity index (χ4n) is 3.68. The summed E-state index contributed by atoms with van der Waals surface area (Å²) in [5.74, 6) is -0.716. The van der Waals surface area contributed by atoms with Crippen LogP contribution in [0.3, 0.4) is 0 Å². The summed E-state index contributed by atoms with van der Waals surface area (Å²) in [5, 5.41) is 8.76. The smallest absolute Gasteiger partial charge is 0.303 e. The number of carbonyl (C=O) groups is 1. The molecule has 1 aliphatic rings. The second-order valence-electron chi connectivity index (χ2n) is 7.02. The fraction of sp³-hybridized carbons (Fsp3) is 0.348. The van der Waals surface area contributed by atoms with Gasteiger partial charge in [0, 0.05) is 13.0 Å². The maximum absolute atomic E-state index is 10.6. The minimum atomic E-state index is -0.716. The normalized spacial score (nSPS) is 13.1. The topological polar surface area (TPSA) is 40.5 Å². The van der Waals surface area contributed by atoms with E-state index < -0.39 is 5.97 Å². The summed E-state index contributed by atoms with van der Waals surface area (Å²) >= 11 is 0. The Kier molecular flexibility index (Phi) is 6.24. The van der Waals surface area contributed by atoms with E-state index in [4.69, 9.17) is 5.11 Å². The highest BCUT2D eigenvalue weighted by atomic mass is 16.4. The highest BCUT2D eigenvalue weighted by Crippen LogP contribution is 2.33. The Hall–Kier alpha value is -2.39. The van der Waals surface area contributed by atoms with Crippen LogP contribution in [-0.4, -0.2) is 36.1 Å². The zero-order chi connectivity index (χ0) is 18.4. The highest BCUT2D eigenvalue weighted by molar-refractivity contribution is 5.83. The molecule has 0 aliphatic heterocycles. The first-order valence-corrected chi connectivity index (χ1v) is 9.42. The van der Waals surface area contributed by atoms with Gasteiger partial charge in [0.15, 0.2) is 0 Å². The number of carboxylic acid groups (broad SMARTS) is 1. The molecule has 3 nitrogen and oxygen atoms in total. The van der Waals surface area contributed by atoms with Crippen molar-refractivity contribution in [1.82, 2.24) is 4.90 Å². The molecule has 2 aromatic carbocycles. The Morgan fingerprint density at radius 3 is 2.15 bits per heavy atom. The number of hydrogen-bond acceptors (Lipinski definition) is 2. The van der Waals surface area contributed by atoms with Gasteiger partial charge in [-0.2, -0.15) is 0 Å². The third-order valence-corrected chi connectivity index (χ3v) is 5.07. The van der Waals surface area contributed by atoms with E-state index in [1.807, 2.05) is 0 Å². The zero-order valence-electron chi connectivity index (χ0n) is 15.4. The van der Waals surface area contributed by atoms with Crippen LogP contribution in [0.2, 0.25) is 0 Å². The second kappa shape index (κ2) is 8.81. The SMILES string of the molecule is CN(CCC=C1c2ccccc2CCc2ccccc21)CCCC(=O)O. The first kappa shape index (κ1) is 18.4. The van der Waals surface area contributed by atoms with Crippen LogP contribution in [0.4, 0.5) is 0 Å². The zero-order valence-corrected chi connectivity index (χ0v) is 15.4. The molecule has 26 heavy (non-hydrogen) atoms. The molecule has 1 aliphatic carbocycles. The van der Waals surface area contributed by atoms with Crippen LogP contribution in [0.15, 0.2) is 54.6 Å². The van der Waals surface area contributed by atoms with Crippen molar-refractivity contribution in [2.45, 2.75) is 32.1 Å². The Morgan fingerprint density at radius 1 is 1.00 bits per heavy atom. The van der Waals surface area contributed by atoms with Crippen LogP contribution < -0.4 is 0 Å². The Labute approximate surface area is 156 Å². The molecule has 0 bridgehead atoms. The van der Waals surface area contributed by atoms with Crippen LogP contribution in [0.5, 0.6) is 0 Å². The van der Waals surface area contributed by atoms with Crippen LogP contribution in [-0.2, 0) is 17.6 Å². The van der Waals surface area contributed by atoms with Gasteiger partial charge in [-0.05, 0) is 67.1 Å². The lowest BCUT2D eigenvalue weighted by molar-refractivity contribution is -0.137. The van der Waals surface area contributed by atoms with E-state index in [1.165, 1.54) is 27.8 Å². The molecule has 136 valence electrons. The molecule has 3 heteroatoms. The summed E-state index contributed by atoms with van der Waals surface area (Å²) in [6.45, 7) is 1.76. The molecule has 1 N–H and O–H groups in total. The second-order valence-corrected chi connectivity index (χ2v) is 7.02. The predicted octanol–water partition coefficient (Wildman–Crippen LogP) is 4.40. The number of benzene rings is 2. The number of rotatable bonds is 7. The lowest BCUT2D eigenvalue weighted by Crippen LogP contribution is -2.21. The number of hydrogen-bond donors (Lipinski definition) is 1. The van der Waals surface area contributed by atoms with Crippen molar-refractivity contribution in [3.05, 3.63) is 76.9 Å². The van der Waals surface area contributed by atoms with Gasteiger partial charge in [-0.15, -0.1) is 0 Å². The van der Waals surface area contributed by atoms with E-state index in [1.54, 1.807) is 0 Å².